The van der Waals surface area contributed by atoms with Crippen LogP contribution in [0.3, 0.4) is 0 Å². The largest absolute Gasteiger partial charge is 0.456 e. The number of nitrogens with zero attached hydrogens (tertiary/aromatic N) is 4. The van der Waals surface area contributed by atoms with Crippen LogP contribution in [0.1, 0.15) is 22.3 Å². The fraction of sp³-hybridized carbons (Fsp3) is 0.0147. The summed E-state index contributed by atoms with van der Waals surface area (Å²) < 4.78 is 8.69. The van der Waals surface area contributed by atoms with Gasteiger partial charge in [-0.05, 0) is 113 Å². The van der Waals surface area contributed by atoms with Crippen LogP contribution in [0.4, 0.5) is 0 Å². The van der Waals surface area contributed by atoms with E-state index in [9.17, 15) is 0 Å². The summed E-state index contributed by atoms with van der Waals surface area (Å²) in [6.07, 6.45) is 0. The van der Waals surface area contributed by atoms with E-state index in [-0.39, 0.29) is 0 Å². The molecule has 5 nitrogen and oxygen atoms in total. The molecule has 0 radical (unpaired) electrons. The molecule has 3 aromatic heterocycles. The van der Waals surface area contributed by atoms with E-state index >= 15 is 0 Å². The van der Waals surface area contributed by atoms with Gasteiger partial charge in [0.25, 0.3) is 0 Å². The second kappa shape index (κ2) is 14.2. The Labute approximate surface area is 418 Å². The number of para-hydroxylation sites is 1. The lowest BCUT2D eigenvalue weighted by Gasteiger charge is -2.30. The molecule has 3 heterocycles. The lowest BCUT2D eigenvalue weighted by molar-refractivity contribution is 0.669. The quantitative estimate of drug-likeness (QED) is 0.165. The SMILES string of the molecule is c1ccc(-c2nc(-c3cccc4c3-c3ccccc3C43c4ccccc4-c4ccccc43)nc(-n3c4cccc5c6cc(-c7cccc8oc9ccccc9c78)ccc6c6c7ccccc7cc3c6c54)n2)cc1. The van der Waals surface area contributed by atoms with E-state index in [2.05, 4.69) is 223 Å². The Morgan fingerprint density at radius 1 is 0.329 bits per heavy atom. The molecule has 0 amide bonds. The summed E-state index contributed by atoms with van der Waals surface area (Å²) >= 11 is 0. The van der Waals surface area contributed by atoms with E-state index in [1.54, 1.807) is 0 Å². The average Bonchev–Trinajstić information content (AvgIpc) is 4.24. The Balaban J connectivity index is 0.958. The number of hydrogen-bond acceptors (Lipinski definition) is 4. The summed E-state index contributed by atoms with van der Waals surface area (Å²) in [4.78, 5) is 16.6. The summed E-state index contributed by atoms with van der Waals surface area (Å²) in [7, 11) is 0. The van der Waals surface area contributed by atoms with Crippen molar-refractivity contribution in [1.82, 2.24) is 19.5 Å². The predicted molar refractivity (Wildman–Crippen MR) is 298 cm³/mol. The molecule has 0 aliphatic heterocycles. The van der Waals surface area contributed by atoms with Crippen LogP contribution in [0.2, 0.25) is 0 Å². The Morgan fingerprint density at radius 2 is 0.932 bits per heavy atom. The molecule has 336 valence electrons. The third-order valence-corrected chi connectivity index (χ3v) is 16.2. The Morgan fingerprint density at radius 3 is 1.77 bits per heavy atom. The number of fused-ring (bicyclic) bond motifs is 18. The number of rotatable bonds is 4. The monoisotopic (exact) mass is 926 g/mol. The molecule has 0 fully saturated rings. The van der Waals surface area contributed by atoms with Gasteiger partial charge in [0, 0.05) is 38.1 Å². The van der Waals surface area contributed by atoms with Crippen molar-refractivity contribution in [2.75, 3.05) is 0 Å². The van der Waals surface area contributed by atoms with Gasteiger partial charge in [-0.3, -0.25) is 4.57 Å². The van der Waals surface area contributed by atoms with E-state index in [1.165, 1.54) is 76.6 Å². The van der Waals surface area contributed by atoms with Gasteiger partial charge in [0.15, 0.2) is 11.6 Å². The lowest BCUT2D eigenvalue weighted by atomic mass is 9.70. The van der Waals surface area contributed by atoms with Gasteiger partial charge in [-0.1, -0.05) is 200 Å². The van der Waals surface area contributed by atoms with Crippen LogP contribution in [-0.2, 0) is 5.41 Å². The number of aromatic nitrogens is 4. The first-order chi connectivity index (χ1) is 36.2. The zero-order valence-electron chi connectivity index (χ0n) is 39.1. The zero-order chi connectivity index (χ0) is 47.5. The normalized spacial score (nSPS) is 13.3. The molecule has 0 atom stereocenters. The fourth-order valence-electron chi connectivity index (χ4n) is 13.4. The van der Waals surface area contributed by atoms with Crippen molar-refractivity contribution in [2.45, 2.75) is 5.41 Å². The van der Waals surface area contributed by atoms with Gasteiger partial charge in [0.2, 0.25) is 5.95 Å². The first kappa shape index (κ1) is 39.1. The molecule has 17 rings (SSSR count). The molecule has 15 aromatic rings. The smallest absolute Gasteiger partial charge is 0.238 e. The van der Waals surface area contributed by atoms with Gasteiger partial charge in [-0.15, -0.1) is 0 Å². The Bertz CT molecular complexity index is 4820. The standard InChI is InChI=1S/C68H38N4O/c1-2-17-39(18-3-1)65-69-66(50-27-14-31-55-60(50)48-23-8-12-30-54(48)68(55)52-28-10-6-21-44(52)45-22-7-11-29-53(45)68)71-67(70-65)72-56-32-15-26-46-51-37-41(42-25-16-34-59-61(42)49-24-9-13-33-58(49)73-59)35-36-47(51)62-43-20-5-4-19-40(43)38-57(72)64(62)63(46)56/h1-38H. The predicted octanol–water partition coefficient (Wildman–Crippen LogP) is 17.1. The first-order valence-electron chi connectivity index (χ1n) is 25.0. The second-order valence-electron chi connectivity index (χ2n) is 19.7. The molecule has 0 saturated carbocycles. The molecule has 0 bridgehead atoms. The van der Waals surface area contributed by atoms with Crippen molar-refractivity contribution in [3.63, 3.8) is 0 Å². The molecule has 73 heavy (non-hydrogen) atoms. The number of benzene rings is 12. The van der Waals surface area contributed by atoms with Crippen LogP contribution in [0.15, 0.2) is 235 Å². The van der Waals surface area contributed by atoms with Crippen LogP contribution in [0.25, 0.3) is 138 Å². The fourth-order valence-corrected chi connectivity index (χ4v) is 13.4. The molecule has 1 spiro atoms. The highest BCUT2D eigenvalue weighted by atomic mass is 16.3. The van der Waals surface area contributed by atoms with Crippen LogP contribution in [0.5, 0.6) is 0 Å². The lowest BCUT2D eigenvalue weighted by Crippen LogP contribution is -2.25. The molecular formula is C68H38N4O. The van der Waals surface area contributed by atoms with Gasteiger partial charge in [-0.2, -0.15) is 9.97 Å². The minimum absolute atomic E-state index is 0.503. The molecule has 12 aromatic carbocycles. The van der Waals surface area contributed by atoms with Crippen LogP contribution < -0.4 is 0 Å². The highest BCUT2D eigenvalue weighted by molar-refractivity contribution is 6.39. The average molecular weight is 927 g/mol. The van der Waals surface area contributed by atoms with Crippen LogP contribution in [0, 0.1) is 0 Å². The minimum atomic E-state index is -0.503. The molecular weight excluding hydrogens is 889 g/mol. The summed E-state index contributed by atoms with van der Waals surface area (Å²) in [5, 5.41) is 11.8. The van der Waals surface area contributed by atoms with Crippen molar-refractivity contribution >= 4 is 76.1 Å². The zero-order valence-corrected chi connectivity index (χ0v) is 39.1. The van der Waals surface area contributed by atoms with Gasteiger partial charge in [-0.25, -0.2) is 4.98 Å². The number of hydrogen-bond donors (Lipinski definition) is 0. The summed E-state index contributed by atoms with van der Waals surface area (Å²) in [5.41, 5.74) is 17.6. The highest BCUT2D eigenvalue weighted by Crippen LogP contribution is 2.64. The molecule has 2 aliphatic rings. The maximum absolute atomic E-state index is 6.39. The van der Waals surface area contributed by atoms with Crippen molar-refractivity contribution in [1.29, 1.82) is 0 Å². The third kappa shape index (κ3) is 5.02. The van der Waals surface area contributed by atoms with E-state index in [4.69, 9.17) is 19.4 Å². The van der Waals surface area contributed by atoms with Gasteiger partial charge < -0.3 is 4.42 Å². The van der Waals surface area contributed by atoms with Crippen LogP contribution >= 0.6 is 0 Å². The van der Waals surface area contributed by atoms with E-state index in [0.717, 1.165) is 66.2 Å². The summed E-state index contributed by atoms with van der Waals surface area (Å²) in [6.45, 7) is 0. The topological polar surface area (TPSA) is 56.7 Å². The van der Waals surface area contributed by atoms with Crippen molar-refractivity contribution in [3.05, 3.63) is 253 Å². The Hall–Kier alpha value is -9.71. The third-order valence-electron chi connectivity index (χ3n) is 16.2. The molecule has 2 aliphatic carbocycles. The highest BCUT2D eigenvalue weighted by Gasteiger charge is 2.52. The van der Waals surface area contributed by atoms with Gasteiger partial charge in [0.1, 0.15) is 11.2 Å². The minimum Gasteiger partial charge on any atom is -0.456 e. The van der Waals surface area contributed by atoms with Gasteiger partial charge >= 0.3 is 0 Å². The van der Waals surface area contributed by atoms with E-state index < -0.39 is 5.41 Å². The maximum atomic E-state index is 6.39. The molecule has 0 unspecified atom stereocenters. The van der Waals surface area contributed by atoms with Crippen molar-refractivity contribution in [3.8, 4) is 62.1 Å². The van der Waals surface area contributed by atoms with Gasteiger partial charge in [0.05, 0.1) is 16.4 Å². The van der Waals surface area contributed by atoms with Crippen molar-refractivity contribution in [2.24, 2.45) is 0 Å². The van der Waals surface area contributed by atoms with Crippen LogP contribution in [-0.4, -0.2) is 19.5 Å². The Kier molecular flexibility index (Phi) is 7.61. The summed E-state index contributed by atoms with van der Waals surface area (Å²) in [6, 6.07) is 83.6. The van der Waals surface area contributed by atoms with E-state index in [0.29, 0.717) is 17.6 Å². The first-order valence-corrected chi connectivity index (χ1v) is 25.0. The number of furan rings is 1. The second-order valence-corrected chi connectivity index (χ2v) is 19.7. The van der Waals surface area contributed by atoms with Crippen molar-refractivity contribution < 1.29 is 4.42 Å². The molecule has 5 heteroatoms. The summed E-state index contributed by atoms with van der Waals surface area (Å²) in [5.74, 6) is 1.82. The molecule has 0 N–H and O–H groups in total. The van der Waals surface area contributed by atoms with E-state index in [1.807, 2.05) is 12.1 Å². The maximum Gasteiger partial charge on any atom is 0.238 e. The molecule has 0 saturated heterocycles.